The second-order valence-corrected chi connectivity index (χ2v) is 5.57. The van der Waals surface area contributed by atoms with E-state index in [1.54, 1.807) is 0 Å². The largest absolute Gasteiger partial charge is 0.573 e. The number of alkyl halides is 3. The highest BCUT2D eigenvalue weighted by atomic mass is 19.4. The molecule has 0 unspecified atom stereocenters. The minimum absolute atomic E-state index is 0.00904. The molecule has 1 aliphatic carbocycles. The average Bonchev–Trinajstić information content (AvgIpc) is 2.47. The zero-order chi connectivity index (χ0) is 18.7. The van der Waals surface area contributed by atoms with Crippen LogP contribution in [0.15, 0.2) is 36.9 Å². The van der Waals surface area contributed by atoms with Crippen molar-refractivity contribution in [3.8, 4) is 5.75 Å². The maximum Gasteiger partial charge on any atom is 0.573 e. The van der Waals surface area contributed by atoms with E-state index in [-0.39, 0.29) is 25.0 Å². The van der Waals surface area contributed by atoms with Crippen LogP contribution in [0.2, 0.25) is 0 Å². The molecular weight excluding hydrogens is 343 g/mol. The Labute approximate surface area is 141 Å². The molecule has 6 nitrogen and oxygen atoms in total. The SMILES string of the molecule is C=CCOC(=O)NC1CC(C(=O)O)(c2ccccc2OC(F)(F)F)C1. The maximum atomic E-state index is 12.5. The van der Waals surface area contributed by atoms with E-state index in [0.29, 0.717) is 0 Å². The average molecular weight is 359 g/mol. The van der Waals surface area contributed by atoms with E-state index in [2.05, 4.69) is 16.6 Å². The van der Waals surface area contributed by atoms with Gasteiger partial charge in [0.15, 0.2) is 0 Å². The summed E-state index contributed by atoms with van der Waals surface area (Å²) in [6, 6.07) is 4.56. The standard InChI is InChI=1S/C16H16F3NO5/c1-2-7-24-14(23)20-10-8-15(9-10,13(21)22)11-5-3-4-6-12(11)25-16(17,18)19/h2-6,10H,1,7-9H2,(H,20,23)(H,21,22). The first-order valence-electron chi connectivity index (χ1n) is 7.31. The van der Waals surface area contributed by atoms with Crippen LogP contribution < -0.4 is 10.1 Å². The van der Waals surface area contributed by atoms with Gasteiger partial charge in [0.1, 0.15) is 17.8 Å². The molecule has 2 rings (SSSR count). The molecule has 0 saturated heterocycles. The van der Waals surface area contributed by atoms with E-state index < -0.39 is 35.6 Å². The molecule has 0 spiro atoms. The summed E-state index contributed by atoms with van der Waals surface area (Å²) < 4.78 is 46.3. The number of amides is 1. The molecule has 0 bridgehead atoms. The Morgan fingerprint density at radius 1 is 1.36 bits per heavy atom. The fourth-order valence-corrected chi connectivity index (χ4v) is 2.81. The number of nitrogens with one attached hydrogen (secondary N) is 1. The van der Waals surface area contributed by atoms with Gasteiger partial charge in [-0.05, 0) is 18.9 Å². The highest BCUT2D eigenvalue weighted by Gasteiger charge is 2.54. The molecule has 1 amide bonds. The van der Waals surface area contributed by atoms with E-state index in [0.717, 1.165) is 6.07 Å². The van der Waals surface area contributed by atoms with Crippen molar-refractivity contribution in [2.45, 2.75) is 30.7 Å². The van der Waals surface area contributed by atoms with Crippen molar-refractivity contribution >= 4 is 12.1 Å². The number of halogens is 3. The van der Waals surface area contributed by atoms with E-state index >= 15 is 0 Å². The van der Waals surface area contributed by atoms with Crippen LogP contribution in [0, 0.1) is 0 Å². The lowest BCUT2D eigenvalue weighted by atomic mass is 9.61. The van der Waals surface area contributed by atoms with Crippen LogP contribution in [0.3, 0.4) is 0 Å². The molecule has 9 heteroatoms. The van der Waals surface area contributed by atoms with Gasteiger partial charge in [-0.3, -0.25) is 4.79 Å². The lowest BCUT2D eigenvalue weighted by Crippen LogP contribution is -2.57. The molecule has 1 saturated carbocycles. The Balaban J connectivity index is 2.17. The second-order valence-electron chi connectivity index (χ2n) is 5.57. The third-order valence-corrected chi connectivity index (χ3v) is 3.88. The Morgan fingerprint density at radius 2 is 2.00 bits per heavy atom. The van der Waals surface area contributed by atoms with Crippen LogP contribution in [0.25, 0.3) is 0 Å². The molecule has 0 aliphatic heterocycles. The van der Waals surface area contributed by atoms with Gasteiger partial charge in [0.25, 0.3) is 0 Å². The second kappa shape index (κ2) is 7.04. The number of rotatable bonds is 6. The third-order valence-electron chi connectivity index (χ3n) is 3.88. The van der Waals surface area contributed by atoms with Crippen molar-refractivity contribution in [1.29, 1.82) is 0 Å². The lowest BCUT2D eigenvalue weighted by molar-refractivity contribution is -0.275. The molecule has 25 heavy (non-hydrogen) atoms. The zero-order valence-electron chi connectivity index (χ0n) is 13.0. The van der Waals surface area contributed by atoms with Gasteiger partial charge in [0.2, 0.25) is 0 Å². The number of para-hydroxylation sites is 1. The number of ether oxygens (including phenoxy) is 2. The molecule has 0 aromatic heterocycles. The molecule has 2 N–H and O–H groups in total. The number of alkyl carbamates (subject to hydrolysis) is 1. The predicted molar refractivity (Wildman–Crippen MR) is 80.1 cm³/mol. The summed E-state index contributed by atoms with van der Waals surface area (Å²) in [6.45, 7) is 3.37. The van der Waals surface area contributed by atoms with Crippen LogP contribution in [0.4, 0.5) is 18.0 Å². The molecule has 1 aromatic carbocycles. The zero-order valence-corrected chi connectivity index (χ0v) is 13.0. The summed E-state index contributed by atoms with van der Waals surface area (Å²) in [5, 5.41) is 12.0. The Kier molecular flexibility index (Phi) is 5.24. The number of hydrogen-bond donors (Lipinski definition) is 2. The van der Waals surface area contributed by atoms with Crippen molar-refractivity contribution in [2.75, 3.05) is 6.61 Å². The van der Waals surface area contributed by atoms with Crippen LogP contribution >= 0.6 is 0 Å². The Bertz CT molecular complexity index is 668. The van der Waals surface area contributed by atoms with Crippen molar-refractivity contribution in [3.63, 3.8) is 0 Å². The van der Waals surface area contributed by atoms with Gasteiger partial charge in [-0.25, -0.2) is 4.79 Å². The quantitative estimate of drug-likeness (QED) is 0.763. The number of carbonyl (C=O) groups excluding carboxylic acids is 1. The third kappa shape index (κ3) is 4.23. The van der Waals surface area contributed by atoms with Gasteiger partial charge in [-0.2, -0.15) is 0 Å². The van der Waals surface area contributed by atoms with Crippen LogP contribution in [0.5, 0.6) is 5.75 Å². The summed E-state index contributed by atoms with van der Waals surface area (Å²) in [5.41, 5.74) is -1.66. The van der Waals surface area contributed by atoms with Gasteiger partial charge in [0.05, 0.1) is 0 Å². The van der Waals surface area contributed by atoms with E-state index in [1.165, 1.54) is 24.3 Å². The molecule has 1 aliphatic rings. The van der Waals surface area contributed by atoms with Crippen molar-refractivity contribution < 1.29 is 37.3 Å². The summed E-state index contributed by atoms with van der Waals surface area (Å²) in [7, 11) is 0. The number of carboxylic acid groups (broad SMARTS) is 1. The Morgan fingerprint density at radius 3 is 2.56 bits per heavy atom. The van der Waals surface area contributed by atoms with Gasteiger partial charge in [0, 0.05) is 11.6 Å². The monoisotopic (exact) mass is 359 g/mol. The highest BCUT2D eigenvalue weighted by Crippen LogP contribution is 2.48. The summed E-state index contributed by atoms with van der Waals surface area (Å²) in [4.78, 5) is 23.2. The molecule has 0 radical (unpaired) electrons. The number of carboxylic acids is 1. The van der Waals surface area contributed by atoms with Gasteiger partial charge >= 0.3 is 18.4 Å². The normalized spacial score (nSPS) is 22.4. The lowest BCUT2D eigenvalue weighted by Gasteiger charge is -2.45. The highest BCUT2D eigenvalue weighted by molar-refractivity contribution is 5.84. The minimum Gasteiger partial charge on any atom is -0.481 e. The fourth-order valence-electron chi connectivity index (χ4n) is 2.81. The number of carbonyl (C=O) groups is 2. The van der Waals surface area contributed by atoms with Crippen LogP contribution in [-0.2, 0) is 14.9 Å². The van der Waals surface area contributed by atoms with E-state index in [9.17, 15) is 27.9 Å². The number of hydrogen-bond acceptors (Lipinski definition) is 4. The van der Waals surface area contributed by atoms with Crippen molar-refractivity contribution in [3.05, 3.63) is 42.5 Å². The first-order chi connectivity index (χ1) is 11.7. The van der Waals surface area contributed by atoms with Gasteiger partial charge in [-0.1, -0.05) is 30.9 Å². The molecule has 136 valence electrons. The summed E-state index contributed by atoms with van der Waals surface area (Å²) >= 11 is 0. The maximum absolute atomic E-state index is 12.5. The predicted octanol–water partition coefficient (Wildman–Crippen LogP) is 2.98. The smallest absolute Gasteiger partial charge is 0.481 e. The van der Waals surface area contributed by atoms with Crippen molar-refractivity contribution in [1.82, 2.24) is 5.32 Å². The number of aliphatic carboxylic acids is 1. The fraction of sp³-hybridized carbons (Fsp3) is 0.375. The van der Waals surface area contributed by atoms with Crippen LogP contribution in [0.1, 0.15) is 18.4 Å². The number of benzene rings is 1. The first-order valence-corrected chi connectivity index (χ1v) is 7.31. The topological polar surface area (TPSA) is 84.9 Å². The van der Waals surface area contributed by atoms with E-state index in [4.69, 9.17) is 4.74 Å². The molecule has 0 atom stereocenters. The Hall–Kier alpha value is -2.71. The molecule has 1 aromatic rings. The first kappa shape index (κ1) is 18.6. The van der Waals surface area contributed by atoms with Crippen LogP contribution in [-0.4, -0.2) is 36.2 Å². The van der Waals surface area contributed by atoms with Crippen molar-refractivity contribution in [2.24, 2.45) is 0 Å². The van der Waals surface area contributed by atoms with E-state index in [1.807, 2.05) is 0 Å². The van der Waals surface area contributed by atoms with Gasteiger partial charge in [-0.15, -0.1) is 13.2 Å². The molecule has 0 heterocycles. The summed E-state index contributed by atoms with van der Waals surface area (Å²) in [5.74, 6) is -1.85. The molecular formula is C16H16F3NO5. The molecule has 1 fully saturated rings. The minimum atomic E-state index is -4.94. The van der Waals surface area contributed by atoms with Gasteiger partial charge < -0.3 is 19.9 Å². The summed E-state index contributed by atoms with van der Waals surface area (Å²) in [6.07, 6.45) is -4.48.